The van der Waals surface area contributed by atoms with Crippen LogP contribution >= 0.6 is 0 Å². The third-order valence-corrected chi connectivity index (χ3v) is 2.84. The third-order valence-electron chi connectivity index (χ3n) is 2.84. The van der Waals surface area contributed by atoms with Gasteiger partial charge in [-0.15, -0.1) is 0 Å². The Morgan fingerprint density at radius 1 is 1.50 bits per heavy atom. The number of aliphatic hydroxyl groups is 1. The average molecular weight is 230 g/mol. The lowest BCUT2D eigenvalue weighted by atomic mass is 9.85. The summed E-state index contributed by atoms with van der Waals surface area (Å²) in [5.74, 6) is -0.762. The van der Waals surface area contributed by atoms with E-state index in [4.69, 9.17) is 10.2 Å². The van der Waals surface area contributed by atoms with E-state index >= 15 is 0 Å². The number of amides is 2. The van der Waals surface area contributed by atoms with Gasteiger partial charge in [0.2, 0.25) is 0 Å². The topological polar surface area (TPSA) is 89.9 Å². The molecule has 6 nitrogen and oxygen atoms in total. The van der Waals surface area contributed by atoms with Crippen LogP contribution in [0.25, 0.3) is 0 Å². The molecule has 0 heterocycles. The summed E-state index contributed by atoms with van der Waals surface area (Å²) >= 11 is 0. The number of carbonyl (C=O) groups excluding carboxylic acids is 1. The first kappa shape index (κ1) is 12.8. The molecule has 1 aliphatic rings. The van der Waals surface area contributed by atoms with E-state index in [0.717, 1.165) is 12.8 Å². The summed E-state index contributed by atoms with van der Waals surface area (Å²) in [4.78, 5) is 23.3. The Kier molecular flexibility index (Phi) is 4.54. The first-order chi connectivity index (χ1) is 7.50. The second-order valence-corrected chi connectivity index (χ2v) is 4.22. The molecule has 0 aromatic heterocycles. The maximum absolute atomic E-state index is 11.5. The predicted molar refractivity (Wildman–Crippen MR) is 57.0 cm³/mol. The van der Waals surface area contributed by atoms with Gasteiger partial charge in [0.15, 0.2) is 6.10 Å². The molecule has 16 heavy (non-hydrogen) atoms. The second kappa shape index (κ2) is 5.69. The molecule has 6 heteroatoms. The lowest BCUT2D eigenvalue weighted by Crippen LogP contribution is -2.44. The molecule has 3 N–H and O–H groups in total. The minimum atomic E-state index is -1.54. The van der Waals surface area contributed by atoms with Crippen molar-refractivity contribution in [1.29, 1.82) is 0 Å². The number of nitrogens with zero attached hydrogens (tertiary/aromatic N) is 1. The Bertz CT molecular complexity index is 266. The fourth-order valence-corrected chi connectivity index (χ4v) is 1.55. The zero-order chi connectivity index (χ0) is 12.1. The van der Waals surface area contributed by atoms with Crippen LogP contribution in [0.1, 0.15) is 19.3 Å². The van der Waals surface area contributed by atoms with Gasteiger partial charge >= 0.3 is 12.0 Å². The Morgan fingerprint density at radius 2 is 2.12 bits per heavy atom. The molecule has 1 saturated carbocycles. The maximum atomic E-state index is 11.5. The van der Waals surface area contributed by atoms with Crippen molar-refractivity contribution in [2.75, 3.05) is 20.1 Å². The first-order valence-electron chi connectivity index (χ1n) is 5.40. The Hall–Kier alpha value is -1.30. The van der Waals surface area contributed by atoms with Gasteiger partial charge in [0.1, 0.15) is 0 Å². The largest absolute Gasteiger partial charge is 0.479 e. The SMILES string of the molecule is CN(CC1CCC1)C(=O)NCC(O)C(=O)O. The van der Waals surface area contributed by atoms with Gasteiger partial charge in [-0.25, -0.2) is 9.59 Å². The maximum Gasteiger partial charge on any atom is 0.334 e. The molecule has 1 fully saturated rings. The average Bonchev–Trinajstić information content (AvgIpc) is 2.18. The van der Waals surface area contributed by atoms with Gasteiger partial charge < -0.3 is 20.4 Å². The number of carbonyl (C=O) groups is 2. The predicted octanol–water partition coefficient (Wildman–Crippen LogP) is -0.127. The van der Waals surface area contributed by atoms with Crippen molar-refractivity contribution in [1.82, 2.24) is 10.2 Å². The van der Waals surface area contributed by atoms with Crippen LogP contribution in [0, 0.1) is 5.92 Å². The monoisotopic (exact) mass is 230 g/mol. The number of urea groups is 1. The molecular formula is C10H18N2O4. The molecule has 0 aromatic carbocycles. The van der Waals surface area contributed by atoms with Gasteiger partial charge in [0.25, 0.3) is 0 Å². The van der Waals surface area contributed by atoms with Crippen molar-refractivity contribution in [3.63, 3.8) is 0 Å². The van der Waals surface area contributed by atoms with Crippen LogP contribution in [0.3, 0.4) is 0 Å². The highest BCUT2D eigenvalue weighted by molar-refractivity contribution is 5.76. The van der Waals surface area contributed by atoms with Gasteiger partial charge in [-0.1, -0.05) is 6.42 Å². The van der Waals surface area contributed by atoms with E-state index in [1.165, 1.54) is 11.3 Å². The summed E-state index contributed by atoms with van der Waals surface area (Å²) in [5.41, 5.74) is 0. The van der Waals surface area contributed by atoms with Crippen molar-refractivity contribution >= 4 is 12.0 Å². The quantitative estimate of drug-likeness (QED) is 0.614. The number of hydrogen-bond donors (Lipinski definition) is 3. The number of aliphatic hydroxyl groups excluding tert-OH is 1. The standard InChI is InChI=1S/C10H18N2O4/c1-12(6-7-3-2-4-7)10(16)11-5-8(13)9(14)15/h7-8,13H,2-6H2,1H3,(H,11,16)(H,14,15). The number of hydrogen-bond acceptors (Lipinski definition) is 3. The normalized spacial score (nSPS) is 17.4. The zero-order valence-corrected chi connectivity index (χ0v) is 9.35. The second-order valence-electron chi connectivity index (χ2n) is 4.22. The van der Waals surface area contributed by atoms with Crippen LogP contribution in [0.15, 0.2) is 0 Å². The number of carboxylic acid groups (broad SMARTS) is 1. The molecule has 1 rings (SSSR count). The minimum Gasteiger partial charge on any atom is -0.479 e. The smallest absolute Gasteiger partial charge is 0.334 e. The van der Waals surface area contributed by atoms with Crippen molar-refractivity contribution in [3.8, 4) is 0 Å². The highest BCUT2D eigenvalue weighted by atomic mass is 16.4. The third kappa shape index (κ3) is 3.69. The molecule has 1 unspecified atom stereocenters. The van der Waals surface area contributed by atoms with Crippen molar-refractivity contribution in [2.45, 2.75) is 25.4 Å². The van der Waals surface area contributed by atoms with E-state index < -0.39 is 12.1 Å². The molecule has 1 aliphatic carbocycles. The summed E-state index contributed by atoms with van der Waals surface area (Å²) in [7, 11) is 1.67. The van der Waals surface area contributed by atoms with Crippen LogP contribution in [0.4, 0.5) is 4.79 Å². The number of aliphatic carboxylic acids is 1. The zero-order valence-electron chi connectivity index (χ0n) is 9.35. The molecule has 0 radical (unpaired) electrons. The van der Waals surface area contributed by atoms with E-state index in [1.54, 1.807) is 7.05 Å². The van der Waals surface area contributed by atoms with Crippen molar-refractivity contribution in [2.24, 2.45) is 5.92 Å². The highest BCUT2D eigenvalue weighted by Crippen LogP contribution is 2.26. The summed E-state index contributed by atoms with van der Waals surface area (Å²) in [6, 6.07) is -0.341. The fraction of sp³-hybridized carbons (Fsp3) is 0.800. The summed E-state index contributed by atoms with van der Waals surface area (Å²) in [6.45, 7) is 0.429. The molecule has 0 spiro atoms. The first-order valence-corrected chi connectivity index (χ1v) is 5.40. The number of nitrogens with one attached hydrogen (secondary N) is 1. The number of rotatable bonds is 5. The van der Waals surface area contributed by atoms with Gasteiger partial charge in [-0.05, 0) is 18.8 Å². The van der Waals surface area contributed by atoms with Crippen LogP contribution in [0.5, 0.6) is 0 Å². The van der Waals surface area contributed by atoms with Crippen LogP contribution in [-0.4, -0.2) is 53.4 Å². The van der Waals surface area contributed by atoms with Gasteiger partial charge in [-0.3, -0.25) is 0 Å². The summed E-state index contributed by atoms with van der Waals surface area (Å²) in [5, 5.41) is 19.7. The van der Waals surface area contributed by atoms with Gasteiger partial charge in [-0.2, -0.15) is 0 Å². The molecule has 0 aliphatic heterocycles. The number of carboxylic acids is 1. The molecule has 1 atom stereocenters. The molecule has 0 bridgehead atoms. The van der Waals surface area contributed by atoms with E-state index in [0.29, 0.717) is 12.5 Å². The van der Waals surface area contributed by atoms with E-state index in [9.17, 15) is 9.59 Å². The minimum absolute atomic E-state index is 0.261. The molecule has 2 amide bonds. The Morgan fingerprint density at radius 3 is 2.56 bits per heavy atom. The molecule has 0 saturated heterocycles. The van der Waals surface area contributed by atoms with Crippen molar-refractivity contribution in [3.05, 3.63) is 0 Å². The van der Waals surface area contributed by atoms with Crippen molar-refractivity contribution < 1.29 is 19.8 Å². The summed E-state index contributed by atoms with van der Waals surface area (Å²) < 4.78 is 0. The van der Waals surface area contributed by atoms with Crippen LogP contribution in [0.2, 0.25) is 0 Å². The van der Waals surface area contributed by atoms with E-state index in [1.807, 2.05) is 0 Å². The molecular weight excluding hydrogens is 212 g/mol. The Balaban J connectivity index is 2.20. The van der Waals surface area contributed by atoms with Gasteiger partial charge in [0.05, 0.1) is 6.54 Å². The highest BCUT2D eigenvalue weighted by Gasteiger charge is 2.22. The lowest BCUT2D eigenvalue weighted by molar-refractivity contribution is -0.146. The lowest BCUT2D eigenvalue weighted by Gasteiger charge is -2.30. The molecule has 92 valence electrons. The van der Waals surface area contributed by atoms with Crippen LogP contribution < -0.4 is 5.32 Å². The summed E-state index contributed by atoms with van der Waals surface area (Å²) in [6.07, 6.45) is 1.98. The van der Waals surface area contributed by atoms with Crippen LogP contribution in [-0.2, 0) is 4.79 Å². The molecule has 0 aromatic rings. The Labute approximate surface area is 94.2 Å². The van der Waals surface area contributed by atoms with E-state index in [2.05, 4.69) is 5.32 Å². The fourth-order valence-electron chi connectivity index (χ4n) is 1.55. The van der Waals surface area contributed by atoms with E-state index in [-0.39, 0.29) is 12.6 Å². The van der Waals surface area contributed by atoms with Gasteiger partial charge in [0, 0.05) is 13.6 Å².